The molecule has 0 aromatic heterocycles. The Kier molecular flexibility index (Phi) is 4.87. The molecule has 0 unspecified atom stereocenters. The molecule has 0 spiro atoms. The van der Waals surface area contributed by atoms with Gasteiger partial charge in [0, 0.05) is 32.2 Å². The van der Waals surface area contributed by atoms with Crippen LogP contribution in [0.5, 0.6) is 0 Å². The van der Waals surface area contributed by atoms with Crippen LogP contribution < -0.4 is 5.32 Å². The first-order valence-electron chi connectivity index (χ1n) is 7.77. The number of hydrogen-bond acceptors (Lipinski definition) is 5. The molecule has 0 bridgehead atoms. The largest absolute Gasteiger partial charge is 0.352 e. The summed E-state index contributed by atoms with van der Waals surface area (Å²) in [5.41, 5.74) is 0. The van der Waals surface area contributed by atoms with Crippen LogP contribution in [0.25, 0.3) is 0 Å². The lowest BCUT2D eigenvalue weighted by Crippen LogP contribution is -2.53. The standard InChI is InChI=1S/C14H22N4O3S/c19-12(15-11-1-2-11)7-16-3-5-17(6-4-16)13(20)8-18-10-22-9-14(18)21/h11H,1-10H2,(H,15,19). The Bertz CT molecular complexity index is 461. The summed E-state index contributed by atoms with van der Waals surface area (Å²) in [5, 5.41) is 2.98. The fourth-order valence-electron chi connectivity index (χ4n) is 2.66. The summed E-state index contributed by atoms with van der Waals surface area (Å²) < 4.78 is 0. The normalized spacial score (nSPS) is 23.0. The molecule has 3 rings (SSSR count). The highest BCUT2D eigenvalue weighted by Gasteiger charge is 2.28. The summed E-state index contributed by atoms with van der Waals surface area (Å²) in [6.07, 6.45) is 2.20. The molecule has 1 N–H and O–H groups in total. The number of nitrogens with zero attached hydrogens (tertiary/aromatic N) is 3. The van der Waals surface area contributed by atoms with Crippen LogP contribution in [0.4, 0.5) is 0 Å². The topological polar surface area (TPSA) is 73.0 Å². The van der Waals surface area contributed by atoms with E-state index in [-0.39, 0.29) is 24.3 Å². The SMILES string of the molecule is O=C(CN1CCN(C(=O)CN2CSCC2=O)CC1)NC1CC1. The number of carbonyl (C=O) groups excluding carboxylic acids is 3. The smallest absolute Gasteiger partial charge is 0.242 e. The fourth-order valence-corrected chi connectivity index (χ4v) is 3.57. The quantitative estimate of drug-likeness (QED) is 0.697. The second-order valence-electron chi connectivity index (χ2n) is 6.07. The monoisotopic (exact) mass is 326 g/mol. The van der Waals surface area contributed by atoms with Crippen molar-refractivity contribution in [2.45, 2.75) is 18.9 Å². The maximum absolute atomic E-state index is 12.2. The predicted molar refractivity (Wildman–Crippen MR) is 83.2 cm³/mol. The molecule has 0 aromatic carbocycles. The third kappa shape index (κ3) is 4.13. The minimum absolute atomic E-state index is 0.0120. The molecular formula is C14H22N4O3S. The fraction of sp³-hybridized carbons (Fsp3) is 0.786. The van der Waals surface area contributed by atoms with Gasteiger partial charge >= 0.3 is 0 Å². The van der Waals surface area contributed by atoms with Gasteiger partial charge in [-0.05, 0) is 12.8 Å². The first-order valence-corrected chi connectivity index (χ1v) is 8.92. The third-order valence-electron chi connectivity index (χ3n) is 4.19. The number of thioether (sulfide) groups is 1. The van der Waals surface area contributed by atoms with Crippen LogP contribution in [0.15, 0.2) is 0 Å². The zero-order valence-corrected chi connectivity index (χ0v) is 13.4. The second kappa shape index (κ2) is 6.87. The van der Waals surface area contributed by atoms with Crippen molar-refractivity contribution in [3.8, 4) is 0 Å². The van der Waals surface area contributed by atoms with Gasteiger partial charge in [0.15, 0.2) is 0 Å². The van der Waals surface area contributed by atoms with E-state index >= 15 is 0 Å². The van der Waals surface area contributed by atoms with E-state index < -0.39 is 0 Å². The van der Waals surface area contributed by atoms with Crippen molar-refractivity contribution in [1.29, 1.82) is 0 Å². The van der Waals surface area contributed by atoms with E-state index in [1.54, 1.807) is 21.6 Å². The van der Waals surface area contributed by atoms with Gasteiger partial charge < -0.3 is 15.1 Å². The van der Waals surface area contributed by atoms with Crippen molar-refractivity contribution in [1.82, 2.24) is 20.0 Å². The molecule has 1 saturated carbocycles. The molecule has 2 heterocycles. The van der Waals surface area contributed by atoms with E-state index in [4.69, 9.17) is 0 Å². The Labute approximate surface area is 134 Å². The van der Waals surface area contributed by atoms with Crippen molar-refractivity contribution < 1.29 is 14.4 Å². The maximum atomic E-state index is 12.2. The molecule has 8 heteroatoms. The Morgan fingerprint density at radius 3 is 2.45 bits per heavy atom. The lowest BCUT2D eigenvalue weighted by Gasteiger charge is -2.35. The second-order valence-corrected chi connectivity index (χ2v) is 7.02. The zero-order chi connectivity index (χ0) is 15.5. The molecule has 0 radical (unpaired) electrons. The Morgan fingerprint density at radius 1 is 1.14 bits per heavy atom. The molecule has 22 heavy (non-hydrogen) atoms. The Balaban J connectivity index is 1.38. The summed E-state index contributed by atoms with van der Waals surface area (Å²) >= 11 is 1.55. The summed E-state index contributed by atoms with van der Waals surface area (Å²) in [4.78, 5) is 41.0. The van der Waals surface area contributed by atoms with Crippen LogP contribution in [0.3, 0.4) is 0 Å². The third-order valence-corrected chi connectivity index (χ3v) is 5.13. The van der Waals surface area contributed by atoms with Crippen LogP contribution in [0, 0.1) is 0 Å². The molecular weight excluding hydrogens is 304 g/mol. The molecule has 0 aromatic rings. The van der Waals surface area contributed by atoms with Gasteiger partial charge in [-0.25, -0.2) is 0 Å². The number of piperazine rings is 1. The van der Waals surface area contributed by atoms with Crippen LogP contribution in [0.2, 0.25) is 0 Å². The van der Waals surface area contributed by atoms with Gasteiger partial charge in [-0.1, -0.05) is 0 Å². The Hall–Kier alpha value is -1.28. The van der Waals surface area contributed by atoms with E-state index in [2.05, 4.69) is 10.2 Å². The minimum atomic E-state index is 0.0120. The highest BCUT2D eigenvalue weighted by Crippen LogP contribution is 2.18. The molecule has 2 aliphatic heterocycles. The van der Waals surface area contributed by atoms with Crippen molar-refractivity contribution in [2.75, 3.05) is 50.9 Å². The van der Waals surface area contributed by atoms with Gasteiger partial charge in [-0.2, -0.15) is 0 Å². The number of hydrogen-bond donors (Lipinski definition) is 1. The van der Waals surface area contributed by atoms with Gasteiger partial charge in [-0.15, -0.1) is 11.8 Å². The van der Waals surface area contributed by atoms with E-state index in [9.17, 15) is 14.4 Å². The van der Waals surface area contributed by atoms with Gasteiger partial charge in [0.25, 0.3) is 0 Å². The first-order chi connectivity index (χ1) is 10.6. The summed E-state index contributed by atoms with van der Waals surface area (Å²) in [6, 6.07) is 0.395. The Morgan fingerprint density at radius 2 is 1.86 bits per heavy atom. The van der Waals surface area contributed by atoms with E-state index in [0.717, 1.165) is 12.8 Å². The van der Waals surface area contributed by atoms with Gasteiger partial charge in [0.1, 0.15) is 6.54 Å². The van der Waals surface area contributed by atoms with Gasteiger partial charge in [-0.3, -0.25) is 19.3 Å². The molecule has 122 valence electrons. The molecule has 0 atom stereocenters. The number of amides is 3. The molecule has 2 saturated heterocycles. The van der Waals surface area contributed by atoms with Crippen molar-refractivity contribution in [2.24, 2.45) is 0 Å². The van der Waals surface area contributed by atoms with E-state index in [0.29, 0.717) is 50.4 Å². The van der Waals surface area contributed by atoms with Gasteiger partial charge in [0.2, 0.25) is 17.7 Å². The molecule has 3 fully saturated rings. The van der Waals surface area contributed by atoms with Crippen molar-refractivity contribution in [3.63, 3.8) is 0 Å². The van der Waals surface area contributed by atoms with Crippen molar-refractivity contribution >= 4 is 29.5 Å². The van der Waals surface area contributed by atoms with E-state index in [1.165, 1.54) is 0 Å². The minimum Gasteiger partial charge on any atom is -0.352 e. The zero-order valence-electron chi connectivity index (χ0n) is 12.6. The molecule has 3 amide bonds. The van der Waals surface area contributed by atoms with Crippen LogP contribution in [-0.4, -0.2) is 89.4 Å². The van der Waals surface area contributed by atoms with Crippen LogP contribution >= 0.6 is 11.8 Å². The summed E-state index contributed by atoms with van der Waals surface area (Å²) in [6.45, 7) is 3.29. The molecule has 7 nitrogen and oxygen atoms in total. The number of rotatable bonds is 5. The average molecular weight is 326 g/mol. The number of carbonyl (C=O) groups is 3. The predicted octanol–water partition coefficient (Wildman–Crippen LogP) is -1.06. The van der Waals surface area contributed by atoms with Crippen LogP contribution in [-0.2, 0) is 14.4 Å². The molecule has 3 aliphatic rings. The van der Waals surface area contributed by atoms with Crippen LogP contribution in [0.1, 0.15) is 12.8 Å². The first kappa shape index (κ1) is 15.6. The lowest BCUT2D eigenvalue weighted by atomic mass is 10.3. The average Bonchev–Trinajstić information content (AvgIpc) is 3.22. The van der Waals surface area contributed by atoms with E-state index in [1.807, 2.05) is 0 Å². The lowest BCUT2D eigenvalue weighted by molar-refractivity contribution is -0.139. The highest BCUT2D eigenvalue weighted by atomic mass is 32.2. The maximum Gasteiger partial charge on any atom is 0.242 e. The molecule has 1 aliphatic carbocycles. The number of nitrogens with one attached hydrogen (secondary N) is 1. The summed E-state index contributed by atoms with van der Waals surface area (Å²) in [7, 11) is 0. The van der Waals surface area contributed by atoms with Crippen molar-refractivity contribution in [3.05, 3.63) is 0 Å². The van der Waals surface area contributed by atoms with Gasteiger partial charge in [0.05, 0.1) is 18.2 Å². The highest BCUT2D eigenvalue weighted by molar-refractivity contribution is 8.00. The summed E-state index contributed by atoms with van der Waals surface area (Å²) in [5.74, 6) is 1.25.